The minimum atomic E-state index is 0.734. The first-order chi connectivity index (χ1) is 9.77. The number of para-hydroxylation sites is 1. The maximum absolute atomic E-state index is 3.57. The Morgan fingerprint density at radius 2 is 1.65 bits per heavy atom. The summed E-state index contributed by atoms with van der Waals surface area (Å²) in [5, 5.41) is 1.45. The van der Waals surface area contributed by atoms with Gasteiger partial charge in [0.25, 0.3) is 0 Å². The normalized spacial score (nSPS) is 12.9. The Bertz CT molecular complexity index is 524. The van der Waals surface area contributed by atoms with Crippen molar-refractivity contribution in [3.63, 3.8) is 0 Å². The molecule has 0 fully saturated rings. The Labute approximate surface area is 123 Å². The van der Waals surface area contributed by atoms with E-state index in [1.807, 2.05) is 0 Å². The molecule has 0 aliphatic heterocycles. The van der Waals surface area contributed by atoms with Crippen LogP contribution in [0.1, 0.15) is 76.0 Å². The largest absolute Gasteiger partial charge is 0.358 e. The molecule has 2 rings (SSSR count). The standard InChI is InChI=1S/C19H29N/c1-4-6-8-12-16(11-7-5-2)19-15(3)20-18-14-10-9-13-17(18)19/h9-10,13-14,16,20H,4-8,11-12H2,1-3H3. The molecule has 1 unspecified atom stereocenters. The van der Waals surface area contributed by atoms with Gasteiger partial charge in [-0.05, 0) is 37.3 Å². The molecule has 0 saturated carbocycles. The highest BCUT2D eigenvalue weighted by molar-refractivity contribution is 5.85. The van der Waals surface area contributed by atoms with Crippen molar-refractivity contribution in [2.45, 2.75) is 71.6 Å². The van der Waals surface area contributed by atoms with Crippen molar-refractivity contribution in [3.8, 4) is 0 Å². The second-order valence-electron chi connectivity index (χ2n) is 6.04. The van der Waals surface area contributed by atoms with Crippen molar-refractivity contribution < 1.29 is 0 Å². The molecule has 0 spiro atoms. The highest BCUT2D eigenvalue weighted by Gasteiger charge is 2.18. The Morgan fingerprint density at radius 1 is 0.950 bits per heavy atom. The number of aromatic nitrogens is 1. The second kappa shape index (κ2) is 7.52. The molecule has 0 radical (unpaired) electrons. The van der Waals surface area contributed by atoms with Crippen LogP contribution < -0.4 is 0 Å². The third kappa shape index (κ3) is 3.45. The van der Waals surface area contributed by atoms with Crippen LogP contribution >= 0.6 is 0 Å². The number of unbranched alkanes of at least 4 members (excludes halogenated alkanes) is 3. The number of fused-ring (bicyclic) bond motifs is 1. The quantitative estimate of drug-likeness (QED) is 0.540. The fourth-order valence-corrected chi connectivity index (χ4v) is 3.35. The molecule has 0 saturated heterocycles. The molecule has 0 aliphatic carbocycles. The van der Waals surface area contributed by atoms with E-state index in [9.17, 15) is 0 Å². The third-order valence-electron chi connectivity index (χ3n) is 4.41. The number of nitrogens with one attached hydrogen (secondary N) is 1. The topological polar surface area (TPSA) is 15.8 Å². The molecule has 1 atom stereocenters. The zero-order chi connectivity index (χ0) is 14.4. The van der Waals surface area contributed by atoms with Crippen LogP contribution in [0.4, 0.5) is 0 Å². The monoisotopic (exact) mass is 271 g/mol. The average molecular weight is 271 g/mol. The van der Waals surface area contributed by atoms with E-state index in [1.165, 1.54) is 61.5 Å². The number of benzene rings is 1. The molecule has 1 heterocycles. The minimum absolute atomic E-state index is 0.734. The molecular formula is C19H29N. The van der Waals surface area contributed by atoms with Gasteiger partial charge in [-0.1, -0.05) is 64.2 Å². The molecule has 2 aromatic rings. The number of H-pyrrole nitrogens is 1. The van der Waals surface area contributed by atoms with E-state index >= 15 is 0 Å². The van der Waals surface area contributed by atoms with Crippen molar-refractivity contribution in [3.05, 3.63) is 35.5 Å². The smallest absolute Gasteiger partial charge is 0.0458 e. The van der Waals surface area contributed by atoms with Crippen LogP contribution in [0, 0.1) is 6.92 Å². The minimum Gasteiger partial charge on any atom is -0.358 e. The van der Waals surface area contributed by atoms with Gasteiger partial charge in [0, 0.05) is 16.6 Å². The summed E-state index contributed by atoms with van der Waals surface area (Å²) in [5.41, 5.74) is 4.27. The Hall–Kier alpha value is -1.24. The van der Waals surface area contributed by atoms with Crippen LogP contribution in [-0.2, 0) is 0 Å². The first-order valence-corrected chi connectivity index (χ1v) is 8.35. The second-order valence-corrected chi connectivity index (χ2v) is 6.04. The number of aryl methyl sites for hydroxylation is 1. The summed E-state index contributed by atoms with van der Waals surface area (Å²) in [6.07, 6.45) is 9.36. The van der Waals surface area contributed by atoms with Gasteiger partial charge in [-0.25, -0.2) is 0 Å². The lowest BCUT2D eigenvalue weighted by Crippen LogP contribution is -2.01. The summed E-state index contributed by atoms with van der Waals surface area (Å²) < 4.78 is 0. The molecule has 1 aromatic carbocycles. The fraction of sp³-hybridized carbons (Fsp3) is 0.579. The molecule has 1 heteroatoms. The molecule has 1 aromatic heterocycles. The first-order valence-electron chi connectivity index (χ1n) is 8.35. The van der Waals surface area contributed by atoms with Gasteiger partial charge in [-0.3, -0.25) is 0 Å². The Morgan fingerprint density at radius 3 is 2.40 bits per heavy atom. The van der Waals surface area contributed by atoms with Crippen molar-refractivity contribution in [2.75, 3.05) is 0 Å². The molecule has 0 bridgehead atoms. The van der Waals surface area contributed by atoms with Gasteiger partial charge in [0.2, 0.25) is 0 Å². The summed E-state index contributed by atoms with van der Waals surface area (Å²) in [6.45, 7) is 6.83. The average Bonchev–Trinajstić information content (AvgIpc) is 2.79. The van der Waals surface area contributed by atoms with Gasteiger partial charge < -0.3 is 4.98 Å². The third-order valence-corrected chi connectivity index (χ3v) is 4.41. The van der Waals surface area contributed by atoms with E-state index in [0.717, 1.165) is 5.92 Å². The van der Waals surface area contributed by atoms with E-state index in [4.69, 9.17) is 0 Å². The molecule has 1 N–H and O–H groups in total. The fourth-order valence-electron chi connectivity index (χ4n) is 3.35. The number of rotatable bonds is 8. The maximum Gasteiger partial charge on any atom is 0.0458 e. The van der Waals surface area contributed by atoms with Gasteiger partial charge in [0.1, 0.15) is 0 Å². The van der Waals surface area contributed by atoms with Crippen LogP contribution in [0.3, 0.4) is 0 Å². The lowest BCUT2D eigenvalue weighted by atomic mass is 9.87. The summed E-state index contributed by atoms with van der Waals surface area (Å²) >= 11 is 0. The molecule has 0 amide bonds. The summed E-state index contributed by atoms with van der Waals surface area (Å²) in [7, 11) is 0. The SMILES string of the molecule is CCCCCC(CCCC)c1c(C)[nH]c2ccccc12. The Balaban J connectivity index is 2.26. The highest BCUT2D eigenvalue weighted by atomic mass is 14.7. The highest BCUT2D eigenvalue weighted by Crippen LogP contribution is 2.35. The predicted octanol–water partition coefficient (Wildman–Crippen LogP) is 6.33. The number of hydrogen-bond donors (Lipinski definition) is 1. The van der Waals surface area contributed by atoms with Crippen molar-refractivity contribution in [2.24, 2.45) is 0 Å². The van der Waals surface area contributed by atoms with Crippen LogP contribution in [-0.4, -0.2) is 4.98 Å². The summed E-state index contributed by atoms with van der Waals surface area (Å²) in [6, 6.07) is 8.78. The van der Waals surface area contributed by atoms with E-state index in [1.54, 1.807) is 5.56 Å². The lowest BCUT2D eigenvalue weighted by Gasteiger charge is -2.17. The van der Waals surface area contributed by atoms with E-state index in [0.29, 0.717) is 0 Å². The van der Waals surface area contributed by atoms with Crippen LogP contribution in [0.25, 0.3) is 10.9 Å². The summed E-state index contributed by atoms with van der Waals surface area (Å²) in [4.78, 5) is 3.57. The van der Waals surface area contributed by atoms with Crippen LogP contribution in [0.2, 0.25) is 0 Å². The molecule has 110 valence electrons. The molecule has 0 aliphatic rings. The van der Waals surface area contributed by atoms with Crippen molar-refractivity contribution in [1.29, 1.82) is 0 Å². The van der Waals surface area contributed by atoms with E-state index in [-0.39, 0.29) is 0 Å². The van der Waals surface area contributed by atoms with Crippen molar-refractivity contribution in [1.82, 2.24) is 4.98 Å². The van der Waals surface area contributed by atoms with E-state index < -0.39 is 0 Å². The molecule has 20 heavy (non-hydrogen) atoms. The van der Waals surface area contributed by atoms with Gasteiger partial charge in [-0.15, -0.1) is 0 Å². The van der Waals surface area contributed by atoms with Crippen LogP contribution in [0.15, 0.2) is 24.3 Å². The van der Waals surface area contributed by atoms with Gasteiger partial charge in [-0.2, -0.15) is 0 Å². The first kappa shape index (κ1) is 15.2. The van der Waals surface area contributed by atoms with E-state index in [2.05, 4.69) is 50.0 Å². The Kier molecular flexibility index (Phi) is 5.70. The van der Waals surface area contributed by atoms with Gasteiger partial charge in [0.15, 0.2) is 0 Å². The number of hydrogen-bond acceptors (Lipinski definition) is 0. The zero-order valence-electron chi connectivity index (χ0n) is 13.3. The predicted molar refractivity (Wildman–Crippen MR) is 89.4 cm³/mol. The van der Waals surface area contributed by atoms with Crippen molar-refractivity contribution >= 4 is 10.9 Å². The van der Waals surface area contributed by atoms with Gasteiger partial charge >= 0.3 is 0 Å². The van der Waals surface area contributed by atoms with Gasteiger partial charge in [0.05, 0.1) is 0 Å². The maximum atomic E-state index is 3.57. The number of aromatic amines is 1. The molecule has 1 nitrogen and oxygen atoms in total. The van der Waals surface area contributed by atoms with Crippen LogP contribution in [0.5, 0.6) is 0 Å². The molecular weight excluding hydrogens is 242 g/mol. The summed E-state index contributed by atoms with van der Waals surface area (Å²) in [5.74, 6) is 0.734. The zero-order valence-corrected chi connectivity index (χ0v) is 13.3. The lowest BCUT2D eigenvalue weighted by molar-refractivity contribution is 0.516.